The lowest BCUT2D eigenvalue weighted by Crippen LogP contribution is -2.14. The van der Waals surface area contributed by atoms with Crippen molar-refractivity contribution in [2.24, 2.45) is 0 Å². The van der Waals surface area contributed by atoms with E-state index in [9.17, 15) is 0 Å². The predicted octanol–water partition coefficient (Wildman–Crippen LogP) is 4.04. The van der Waals surface area contributed by atoms with Crippen LogP contribution in [0.15, 0.2) is 18.2 Å². The molecule has 1 saturated carbocycles. The number of aromatic nitrogens is 2. The summed E-state index contributed by atoms with van der Waals surface area (Å²) in [5, 5.41) is 0. The number of halogens is 1. The van der Waals surface area contributed by atoms with Crippen LogP contribution in [0.2, 0.25) is 0 Å². The number of aryl methyl sites for hydroxylation is 1. The first-order valence-electron chi connectivity index (χ1n) is 7.42. The number of imidazole rings is 1. The van der Waals surface area contributed by atoms with Crippen LogP contribution < -0.4 is 0 Å². The van der Waals surface area contributed by atoms with Gasteiger partial charge in [-0.1, -0.05) is 25.0 Å². The van der Waals surface area contributed by atoms with Crippen molar-refractivity contribution in [2.45, 2.75) is 51.1 Å². The first kappa shape index (κ1) is 13.9. The zero-order valence-corrected chi connectivity index (χ0v) is 12.7. The molecule has 3 rings (SSSR count). The fraction of sp³-hybridized carbons (Fsp3) is 0.562. The molecule has 0 atom stereocenters. The summed E-state index contributed by atoms with van der Waals surface area (Å²) < 4.78 is 8.16. The largest absolute Gasteiger partial charge is 0.376 e. The SMILES string of the molecule is Cc1cccc2c1nc(CCl)n2CCOC1CCCC1. The first-order chi connectivity index (χ1) is 9.79. The standard InChI is InChI=1S/C16H21ClN2O/c1-12-5-4-8-14-16(12)18-15(11-17)19(14)9-10-20-13-6-2-3-7-13/h4-5,8,13H,2-3,6-7,9-11H2,1H3. The summed E-state index contributed by atoms with van der Waals surface area (Å²) in [6.45, 7) is 3.67. The van der Waals surface area contributed by atoms with Crippen LogP contribution in [0.5, 0.6) is 0 Å². The van der Waals surface area contributed by atoms with Crippen molar-refractivity contribution in [3.05, 3.63) is 29.6 Å². The molecule has 108 valence electrons. The minimum atomic E-state index is 0.442. The van der Waals surface area contributed by atoms with Crippen molar-refractivity contribution in [3.8, 4) is 0 Å². The highest BCUT2D eigenvalue weighted by Gasteiger charge is 2.16. The summed E-state index contributed by atoms with van der Waals surface area (Å²) in [6.07, 6.45) is 5.51. The third-order valence-electron chi connectivity index (χ3n) is 4.15. The molecule has 20 heavy (non-hydrogen) atoms. The number of hydrogen-bond acceptors (Lipinski definition) is 2. The predicted molar refractivity (Wildman–Crippen MR) is 82.2 cm³/mol. The minimum absolute atomic E-state index is 0.442. The second-order valence-corrected chi connectivity index (χ2v) is 5.80. The molecule has 0 spiro atoms. The number of nitrogens with zero attached hydrogens (tertiary/aromatic N) is 2. The molecule has 0 saturated heterocycles. The highest BCUT2D eigenvalue weighted by Crippen LogP contribution is 2.23. The van der Waals surface area contributed by atoms with Gasteiger partial charge in [-0.3, -0.25) is 0 Å². The van der Waals surface area contributed by atoms with Gasteiger partial charge in [-0.25, -0.2) is 4.98 Å². The van der Waals surface area contributed by atoms with E-state index in [1.54, 1.807) is 0 Å². The van der Waals surface area contributed by atoms with Gasteiger partial charge in [0.1, 0.15) is 5.82 Å². The molecule has 3 nitrogen and oxygen atoms in total. The Morgan fingerprint density at radius 2 is 2.15 bits per heavy atom. The van der Waals surface area contributed by atoms with E-state index < -0.39 is 0 Å². The normalized spacial score (nSPS) is 16.3. The zero-order valence-electron chi connectivity index (χ0n) is 11.9. The Bertz CT molecular complexity index is 587. The summed E-state index contributed by atoms with van der Waals surface area (Å²) in [6, 6.07) is 6.28. The molecule has 4 heteroatoms. The van der Waals surface area contributed by atoms with E-state index >= 15 is 0 Å². The highest BCUT2D eigenvalue weighted by atomic mass is 35.5. The first-order valence-corrected chi connectivity index (χ1v) is 7.95. The number of hydrogen-bond donors (Lipinski definition) is 0. The molecule has 1 aromatic heterocycles. The molecule has 0 amide bonds. The van der Waals surface area contributed by atoms with Crippen molar-refractivity contribution in [3.63, 3.8) is 0 Å². The molecule has 0 radical (unpaired) electrons. The van der Waals surface area contributed by atoms with Crippen molar-refractivity contribution in [2.75, 3.05) is 6.61 Å². The van der Waals surface area contributed by atoms with Crippen molar-refractivity contribution < 1.29 is 4.74 Å². The molecular formula is C16H21ClN2O. The van der Waals surface area contributed by atoms with Gasteiger partial charge in [-0.15, -0.1) is 11.6 Å². The Balaban J connectivity index is 1.77. The quantitative estimate of drug-likeness (QED) is 0.778. The van der Waals surface area contributed by atoms with Crippen LogP contribution in [-0.4, -0.2) is 22.3 Å². The number of rotatable bonds is 5. The van der Waals surface area contributed by atoms with Gasteiger partial charge in [0.2, 0.25) is 0 Å². The smallest absolute Gasteiger partial charge is 0.124 e. The van der Waals surface area contributed by atoms with E-state index in [0.29, 0.717) is 12.0 Å². The Labute approximate surface area is 124 Å². The van der Waals surface area contributed by atoms with E-state index in [0.717, 1.165) is 30.0 Å². The average Bonchev–Trinajstić information content (AvgIpc) is 3.08. The Kier molecular flexibility index (Phi) is 4.27. The van der Waals surface area contributed by atoms with E-state index in [1.807, 2.05) is 0 Å². The topological polar surface area (TPSA) is 27.1 Å². The summed E-state index contributed by atoms with van der Waals surface area (Å²) in [7, 11) is 0. The maximum atomic E-state index is 6.04. The summed E-state index contributed by atoms with van der Waals surface area (Å²) in [4.78, 5) is 4.66. The summed E-state index contributed by atoms with van der Waals surface area (Å²) >= 11 is 6.04. The van der Waals surface area contributed by atoms with Gasteiger partial charge in [0.05, 0.1) is 29.6 Å². The maximum Gasteiger partial charge on any atom is 0.124 e. The van der Waals surface area contributed by atoms with E-state index in [2.05, 4.69) is 34.7 Å². The van der Waals surface area contributed by atoms with Crippen LogP contribution in [0.3, 0.4) is 0 Å². The van der Waals surface area contributed by atoms with Gasteiger partial charge >= 0.3 is 0 Å². The number of fused-ring (bicyclic) bond motifs is 1. The monoisotopic (exact) mass is 292 g/mol. The number of alkyl halides is 1. The van der Waals surface area contributed by atoms with Crippen LogP contribution in [0, 0.1) is 6.92 Å². The van der Waals surface area contributed by atoms with Gasteiger partial charge in [-0.05, 0) is 31.4 Å². The molecule has 0 N–H and O–H groups in total. The number of ether oxygens (including phenoxy) is 1. The summed E-state index contributed by atoms with van der Waals surface area (Å²) in [5.41, 5.74) is 3.42. The minimum Gasteiger partial charge on any atom is -0.376 e. The van der Waals surface area contributed by atoms with Crippen LogP contribution in [0.1, 0.15) is 37.1 Å². The molecule has 1 aliphatic carbocycles. The lowest BCUT2D eigenvalue weighted by Gasteiger charge is -2.13. The Hall–Kier alpha value is -1.06. The molecule has 1 fully saturated rings. The summed E-state index contributed by atoms with van der Waals surface area (Å²) in [5.74, 6) is 1.38. The highest BCUT2D eigenvalue weighted by molar-refractivity contribution is 6.16. The maximum absolute atomic E-state index is 6.04. The molecule has 0 aliphatic heterocycles. The molecule has 1 aromatic carbocycles. The van der Waals surface area contributed by atoms with E-state index in [-0.39, 0.29) is 0 Å². The number of benzene rings is 1. The van der Waals surface area contributed by atoms with E-state index in [1.165, 1.54) is 31.2 Å². The van der Waals surface area contributed by atoms with Crippen molar-refractivity contribution >= 4 is 22.6 Å². The van der Waals surface area contributed by atoms with Crippen LogP contribution in [0.25, 0.3) is 11.0 Å². The second kappa shape index (κ2) is 6.15. The molecule has 1 aliphatic rings. The van der Waals surface area contributed by atoms with Crippen molar-refractivity contribution in [1.82, 2.24) is 9.55 Å². The molecule has 1 heterocycles. The fourth-order valence-corrected chi connectivity index (χ4v) is 3.26. The number of para-hydroxylation sites is 1. The van der Waals surface area contributed by atoms with Gasteiger partial charge in [0.25, 0.3) is 0 Å². The lowest BCUT2D eigenvalue weighted by molar-refractivity contribution is 0.0532. The third-order valence-corrected chi connectivity index (χ3v) is 4.39. The third kappa shape index (κ3) is 2.70. The van der Waals surface area contributed by atoms with Crippen LogP contribution in [-0.2, 0) is 17.2 Å². The van der Waals surface area contributed by atoms with Gasteiger partial charge < -0.3 is 9.30 Å². The van der Waals surface area contributed by atoms with Gasteiger partial charge in [0.15, 0.2) is 0 Å². The van der Waals surface area contributed by atoms with Gasteiger partial charge in [-0.2, -0.15) is 0 Å². The Morgan fingerprint density at radius 1 is 1.35 bits per heavy atom. The fourth-order valence-electron chi connectivity index (χ4n) is 3.05. The van der Waals surface area contributed by atoms with Gasteiger partial charge in [0, 0.05) is 6.54 Å². The molecule has 0 unspecified atom stereocenters. The molecule has 2 aromatic rings. The van der Waals surface area contributed by atoms with Crippen LogP contribution in [0.4, 0.5) is 0 Å². The average molecular weight is 293 g/mol. The van der Waals surface area contributed by atoms with Crippen LogP contribution >= 0.6 is 11.6 Å². The Morgan fingerprint density at radius 3 is 2.90 bits per heavy atom. The lowest BCUT2D eigenvalue weighted by atomic mass is 10.2. The second-order valence-electron chi connectivity index (χ2n) is 5.53. The molecular weight excluding hydrogens is 272 g/mol. The zero-order chi connectivity index (χ0) is 13.9. The molecule has 0 bridgehead atoms. The van der Waals surface area contributed by atoms with E-state index in [4.69, 9.17) is 16.3 Å². The van der Waals surface area contributed by atoms with Crippen molar-refractivity contribution in [1.29, 1.82) is 0 Å².